The van der Waals surface area contributed by atoms with Gasteiger partial charge in [0.1, 0.15) is 0 Å². The number of benzene rings is 1. The minimum atomic E-state index is -0.916. The van der Waals surface area contributed by atoms with Crippen LogP contribution in [0.5, 0.6) is 0 Å². The number of unbranched alkanes of at least 4 members (excludes halogenated alkanes) is 3. The van der Waals surface area contributed by atoms with E-state index in [4.69, 9.17) is 5.73 Å². The van der Waals surface area contributed by atoms with Gasteiger partial charge in [0, 0.05) is 0 Å². The summed E-state index contributed by atoms with van der Waals surface area (Å²) in [7, 11) is 0. The molecular formula is C16H27NO. The molecule has 2 nitrogen and oxygen atoms in total. The van der Waals surface area contributed by atoms with E-state index in [2.05, 4.69) is 6.92 Å². The molecule has 1 aromatic carbocycles. The van der Waals surface area contributed by atoms with Crippen molar-refractivity contribution in [2.75, 3.05) is 0 Å². The van der Waals surface area contributed by atoms with Gasteiger partial charge >= 0.3 is 0 Å². The van der Waals surface area contributed by atoms with Gasteiger partial charge in [0.2, 0.25) is 0 Å². The van der Waals surface area contributed by atoms with E-state index in [9.17, 15) is 5.11 Å². The van der Waals surface area contributed by atoms with Crippen LogP contribution in [-0.4, -0.2) is 10.7 Å². The molecule has 0 aliphatic rings. The van der Waals surface area contributed by atoms with E-state index >= 15 is 0 Å². The molecule has 102 valence electrons. The van der Waals surface area contributed by atoms with E-state index in [-0.39, 0.29) is 0 Å². The Morgan fingerprint density at radius 2 is 1.67 bits per heavy atom. The fraction of sp³-hybridized carbons (Fsp3) is 0.625. The van der Waals surface area contributed by atoms with E-state index in [0.29, 0.717) is 0 Å². The summed E-state index contributed by atoms with van der Waals surface area (Å²) in [6.45, 7) is 5.81. The van der Waals surface area contributed by atoms with Gasteiger partial charge in [-0.05, 0) is 25.8 Å². The molecule has 0 amide bonds. The van der Waals surface area contributed by atoms with Crippen LogP contribution in [0, 0.1) is 0 Å². The Hall–Kier alpha value is -0.860. The van der Waals surface area contributed by atoms with Crippen molar-refractivity contribution in [1.82, 2.24) is 0 Å². The first kappa shape index (κ1) is 15.2. The second-order valence-electron chi connectivity index (χ2n) is 5.71. The molecule has 0 aliphatic heterocycles. The van der Waals surface area contributed by atoms with Crippen LogP contribution in [-0.2, 0) is 5.54 Å². The molecule has 1 rings (SSSR count). The zero-order valence-electron chi connectivity index (χ0n) is 11.9. The summed E-state index contributed by atoms with van der Waals surface area (Å²) in [4.78, 5) is 0. The van der Waals surface area contributed by atoms with Gasteiger partial charge in [-0.25, -0.2) is 0 Å². The van der Waals surface area contributed by atoms with Crippen LogP contribution in [0.4, 0.5) is 0 Å². The Morgan fingerprint density at radius 1 is 1.06 bits per heavy atom. The van der Waals surface area contributed by atoms with Crippen LogP contribution < -0.4 is 5.73 Å². The zero-order chi connectivity index (χ0) is 13.6. The quantitative estimate of drug-likeness (QED) is 0.725. The van der Waals surface area contributed by atoms with Crippen LogP contribution in [0.2, 0.25) is 0 Å². The van der Waals surface area contributed by atoms with Gasteiger partial charge in [0.25, 0.3) is 0 Å². The molecule has 0 heterocycles. The molecule has 0 aliphatic carbocycles. The molecule has 3 N–H and O–H groups in total. The molecule has 0 radical (unpaired) electrons. The first-order chi connectivity index (χ1) is 8.42. The van der Waals surface area contributed by atoms with Gasteiger partial charge in [0.15, 0.2) is 0 Å². The third-order valence-electron chi connectivity index (χ3n) is 3.81. The second kappa shape index (κ2) is 6.35. The Labute approximate surface area is 111 Å². The van der Waals surface area contributed by atoms with Crippen molar-refractivity contribution in [2.45, 2.75) is 64.0 Å². The fourth-order valence-corrected chi connectivity index (χ4v) is 2.37. The van der Waals surface area contributed by atoms with Crippen molar-refractivity contribution >= 4 is 0 Å². The van der Waals surface area contributed by atoms with Crippen molar-refractivity contribution in [1.29, 1.82) is 0 Å². The van der Waals surface area contributed by atoms with Crippen LogP contribution in [0.15, 0.2) is 30.3 Å². The summed E-state index contributed by atoms with van der Waals surface area (Å²) in [5.74, 6) is 0. The van der Waals surface area contributed by atoms with Crippen LogP contribution in [0.1, 0.15) is 58.4 Å². The van der Waals surface area contributed by atoms with Crippen molar-refractivity contribution in [2.24, 2.45) is 5.73 Å². The molecule has 18 heavy (non-hydrogen) atoms. The maximum absolute atomic E-state index is 10.4. The smallest absolute Gasteiger partial charge is 0.0812 e. The first-order valence-corrected chi connectivity index (χ1v) is 6.98. The number of hydrogen-bond donors (Lipinski definition) is 2. The molecule has 1 unspecified atom stereocenters. The van der Waals surface area contributed by atoms with E-state index < -0.39 is 11.1 Å². The lowest BCUT2D eigenvalue weighted by Gasteiger charge is -2.41. The molecule has 0 saturated carbocycles. The van der Waals surface area contributed by atoms with E-state index in [1.807, 2.05) is 30.3 Å². The number of nitrogens with two attached hydrogens (primary N) is 1. The number of hydrogen-bond acceptors (Lipinski definition) is 2. The molecule has 0 spiro atoms. The van der Waals surface area contributed by atoms with Crippen LogP contribution >= 0.6 is 0 Å². The van der Waals surface area contributed by atoms with E-state index in [1.165, 1.54) is 19.3 Å². The third-order valence-corrected chi connectivity index (χ3v) is 3.81. The lowest BCUT2D eigenvalue weighted by Crippen LogP contribution is -2.54. The Balaban J connectivity index is 2.84. The van der Waals surface area contributed by atoms with Crippen molar-refractivity contribution in [3.8, 4) is 0 Å². The highest BCUT2D eigenvalue weighted by Crippen LogP contribution is 2.35. The van der Waals surface area contributed by atoms with Crippen LogP contribution in [0.25, 0.3) is 0 Å². The summed E-state index contributed by atoms with van der Waals surface area (Å²) < 4.78 is 0. The summed E-state index contributed by atoms with van der Waals surface area (Å²) >= 11 is 0. The SMILES string of the molecule is CCCCCCC(N)(c1ccccc1)C(C)(C)O. The molecule has 0 aromatic heterocycles. The minimum absolute atomic E-state index is 0.665. The van der Waals surface area contributed by atoms with Gasteiger partial charge in [-0.2, -0.15) is 0 Å². The molecule has 0 fully saturated rings. The van der Waals surface area contributed by atoms with Crippen molar-refractivity contribution in [3.05, 3.63) is 35.9 Å². The predicted octanol–water partition coefficient (Wildman–Crippen LogP) is 3.58. The average Bonchev–Trinajstić information content (AvgIpc) is 2.34. The molecule has 1 aromatic rings. The maximum Gasteiger partial charge on any atom is 0.0812 e. The zero-order valence-corrected chi connectivity index (χ0v) is 11.9. The highest BCUT2D eigenvalue weighted by molar-refractivity contribution is 5.27. The molecule has 1 atom stereocenters. The average molecular weight is 249 g/mol. The lowest BCUT2D eigenvalue weighted by molar-refractivity contribution is -0.0109. The maximum atomic E-state index is 10.4. The molecule has 0 bridgehead atoms. The van der Waals surface area contributed by atoms with Gasteiger partial charge < -0.3 is 10.8 Å². The van der Waals surface area contributed by atoms with Gasteiger partial charge in [-0.15, -0.1) is 0 Å². The Kier molecular flexibility index (Phi) is 5.36. The summed E-state index contributed by atoms with van der Waals surface area (Å²) in [6.07, 6.45) is 5.50. The standard InChI is InChI=1S/C16H27NO/c1-4-5-6-10-13-16(17,15(2,3)18)14-11-8-7-9-12-14/h7-9,11-12,18H,4-6,10,13,17H2,1-3H3. The minimum Gasteiger partial charge on any atom is -0.388 e. The van der Waals surface area contributed by atoms with E-state index in [1.54, 1.807) is 13.8 Å². The Bertz CT molecular complexity index is 342. The van der Waals surface area contributed by atoms with Gasteiger partial charge in [0.05, 0.1) is 11.1 Å². The molecule has 0 saturated heterocycles. The fourth-order valence-electron chi connectivity index (χ4n) is 2.37. The number of rotatable bonds is 7. The highest BCUT2D eigenvalue weighted by atomic mass is 16.3. The summed E-state index contributed by atoms with van der Waals surface area (Å²) in [5, 5.41) is 10.4. The summed E-state index contributed by atoms with van der Waals surface area (Å²) in [6, 6.07) is 9.96. The topological polar surface area (TPSA) is 46.2 Å². The third kappa shape index (κ3) is 3.56. The second-order valence-corrected chi connectivity index (χ2v) is 5.71. The first-order valence-electron chi connectivity index (χ1n) is 6.98. The predicted molar refractivity (Wildman–Crippen MR) is 77.4 cm³/mol. The lowest BCUT2D eigenvalue weighted by atomic mass is 9.74. The Morgan fingerprint density at radius 3 is 2.17 bits per heavy atom. The largest absolute Gasteiger partial charge is 0.388 e. The molecule has 2 heteroatoms. The van der Waals surface area contributed by atoms with Gasteiger partial charge in [-0.3, -0.25) is 0 Å². The number of aliphatic hydroxyl groups is 1. The van der Waals surface area contributed by atoms with Crippen LogP contribution in [0.3, 0.4) is 0 Å². The normalized spacial score (nSPS) is 15.4. The monoisotopic (exact) mass is 249 g/mol. The molecular weight excluding hydrogens is 222 g/mol. The summed E-state index contributed by atoms with van der Waals surface area (Å²) in [5.41, 5.74) is 5.97. The van der Waals surface area contributed by atoms with Crippen molar-refractivity contribution in [3.63, 3.8) is 0 Å². The highest BCUT2D eigenvalue weighted by Gasteiger charge is 2.41. The van der Waals surface area contributed by atoms with Gasteiger partial charge in [-0.1, -0.05) is 62.9 Å². The van der Waals surface area contributed by atoms with E-state index in [0.717, 1.165) is 18.4 Å². The van der Waals surface area contributed by atoms with Crippen molar-refractivity contribution < 1.29 is 5.11 Å².